The van der Waals surface area contributed by atoms with Crippen molar-refractivity contribution in [1.29, 1.82) is 0 Å². The predicted molar refractivity (Wildman–Crippen MR) is 155 cm³/mol. The molecule has 0 radical (unpaired) electrons. The lowest BCUT2D eigenvalue weighted by atomic mass is 10.1. The van der Waals surface area contributed by atoms with E-state index in [1.165, 1.54) is 0 Å². The fourth-order valence-electron chi connectivity index (χ4n) is 4.42. The van der Waals surface area contributed by atoms with E-state index in [-0.39, 0.29) is 0 Å². The molecule has 190 valence electrons. The molecule has 0 amide bonds. The topological polar surface area (TPSA) is 34.2 Å². The van der Waals surface area contributed by atoms with Gasteiger partial charge in [-0.1, -0.05) is 18.2 Å². The highest BCUT2D eigenvalue weighted by atomic mass is 16.5. The lowest BCUT2D eigenvalue weighted by Crippen LogP contribution is -2.12. The van der Waals surface area contributed by atoms with Gasteiger partial charge in [0.2, 0.25) is 0 Å². The molecule has 0 spiro atoms. The molecule has 0 aliphatic rings. The van der Waals surface area contributed by atoms with Crippen LogP contribution in [0.5, 0.6) is 17.2 Å². The van der Waals surface area contributed by atoms with Crippen LogP contribution >= 0.6 is 0 Å². The molecular formula is C33H30N2O3. The molecule has 0 aromatic heterocycles. The zero-order valence-electron chi connectivity index (χ0n) is 21.7. The summed E-state index contributed by atoms with van der Waals surface area (Å²) in [6.45, 7) is 0. The number of anilines is 6. The van der Waals surface area contributed by atoms with Crippen LogP contribution in [-0.4, -0.2) is 21.3 Å². The summed E-state index contributed by atoms with van der Waals surface area (Å²) >= 11 is 0. The van der Waals surface area contributed by atoms with Gasteiger partial charge in [0.1, 0.15) is 17.2 Å². The van der Waals surface area contributed by atoms with Gasteiger partial charge in [-0.25, -0.2) is 0 Å². The summed E-state index contributed by atoms with van der Waals surface area (Å²) in [6, 6.07) is 43.2. The molecule has 0 heterocycles. The third-order valence-electron chi connectivity index (χ3n) is 6.37. The first kappa shape index (κ1) is 24.8. The van der Waals surface area contributed by atoms with E-state index >= 15 is 0 Å². The zero-order chi connectivity index (χ0) is 26.3. The van der Waals surface area contributed by atoms with E-state index in [4.69, 9.17) is 14.2 Å². The van der Waals surface area contributed by atoms with E-state index < -0.39 is 0 Å². The molecule has 5 nitrogen and oxygen atoms in total. The monoisotopic (exact) mass is 502 g/mol. The van der Waals surface area contributed by atoms with Crippen molar-refractivity contribution < 1.29 is 14.2 Å². The zero-order valence-corrected chi connectivity index (χ0v) is 21.7. The van der Waals surface area contributed by atoms with Crippen molar-refractivity contribution >= 4 is 34.1 Å². The van der Waals surface area contributed by atoms with Gasteiger partial charge in [-0.05, 0) is 109 Å². The van der Waals surface area contributed by atoms with Crippen LogP contribution in [0.2, 0.25) is 0 Å². The van der Waals surface area contributed by atoms with Gasteiger partial charge in [0.15, 0.2) is 0 Å². The molecule has 0 aliphatic heterocycles. The quantitative estimate of drug-likeness (QED) is 0.201. The Labute approximate surface area is 224 Å². The number of hydrogen-bond acceptors (Lipinski definition) is 5. The summed E-state index contributed by atoms with van der Waals surface area (Å²) in [4.78, 5) is 4.44. The third-order valence-corrected chi connectivity index (χ3v) is 6.37. The van der Waals surface area contributed by atoms with Crippen LogP contribution in [0.4, 0.5) is 34.1 Å². The lowest BCUT2D eigenvalue weighted by molar-refractivity contribution is 0.414. The molecule has 0 bridgehead atoms. The van der Waals surface area contributed by atoms with Crippen LogP contribution in [-0.2, 0) is 0 Å². The fourth-order valence-corrected chi connectivity index (χ4v) is 4.42. The SMILES string of the molecule is COc1ccc(N(c2ccccc2)c2ccc(N(c3ccc(OC)cc3)c3ccc(OC)cc3)cc2)cc1. The summed E-state index contributed by atoms with van der Waals surface area (Å²) < 4.78 is 16.1. The molecule has 0 aliphatic carbocycles. The van der Waals surface area contributed by atoms with Crippen LogP contribution in [0, 0.1) is 0 Å². The van der Waals surface area contributed by atoms with Gasteiger partial charge in [0.05, 0.1) is 21.3 Å². The Morgan fingerprint density at radius 1 is 0.316 bits per heavy atom. The van der Waals surface area contributed by atoms with Gasteiger partial charge in [-0.15, -0.1) is 0 Å². The fraction of sp³-hybridized carbons (Fsp3) is 0.0909. The number of methoxy groups -OCH3 is 3. The Morgan fingerprint density at radius 3 is 0.816 bits per heavy atom. The molecule has 5 heteroatoms. The average molecular weight is 503 g/mol. The Bertz CT molecular complexity index is 1390. The van der Waals surface area contributed by atoms with Crippen molar-refractivity contribution in [3.05, 3.63) is 127 Å². The highest BCUT2D eigenvalue weighted by Crippen LogP contribution is 2.39. The second-order valence-electron chi connectivity index (χ2n) is 8.62. The van der Waals surface area contributed by atoms with Crippen LogP contribution in [0.25, 0.3) is 0 Å². The smallest absolute Gasteiger partial charge is 0.119 e. The minimum Gasteiger partial charge on any atom is -0.497 e. The van der Waals surface area contributed by atoms with E-state index in [1.54, 1.807) is 21.3 Å². The van der Waals surface area contributed by atoms with Gasteiger partial charge in [-0.2, -0.15) is 0 Å². The summed E-state index contributed by atoms with van der Waals surface area (Å²) in [5.41, 5.74) is 6.26. The Kier molecular flexibility index (Phi) is 7.46. The van der Waals surface area contributed by atoms with Crippen molar-refractivity contribution in [1.82, 2.24) is 0 Å². The van der Waals surface area contributed by atoms with Gasteiger partial charge >= 0.3 is 0 Å². The van der Waals surface area contributed by atoms with Crippen LogP contribution in [0.3, 0.4) is 0 Å². The molecule has 0 saturated carbocycles. The Hall–Kier alpha value is -4.90. The van der Waals surface area contributed by atoms with Crippen molar-refractivity contribution in [3.63, 3.8) is 0 Å². The summed E-state index contributed by atoms with van der Waals surface area (Å²) in [7, 11) is 5.03. The van der Waals surface area contributed by atoms with Crippen molar-refractivity contribution in [2.75, 3.05) is 31.1 Å². The van der Waals surface area contributed by atoms with Gasteiger partial charge in [-0.3, -0.25) is 0 Å². The van der Waals surface area contributed by atoms with Gasteiger partial charge in [0, 0.05) is 34.1 Å². The third kappa shape index (κ3) is 5.27. The van der Waals surface area contributed by atoms with Crippen LogP contribution in [0.1, 0.15) is 0 Å². The number of para-hydroxylation sites is 1. The lowest BCUT2D eigenvalue weighted by Gasteiger charge is -2.28. The van der Waals surface area contributed by atoms with Gasteiger partial charge < -0.3 is 24.0 Å². The van der Waals surface area contributed by atoms with E-state index in [1.807, 2.05) is 42.5 Å². The number of hydrogen-bond donors (Lipinski definition) is 0. The largest absolute Gasteiger partial charge is 0.497 e. The molecule has 5 aromatic rings. The summed E-state index contributed by atoms with van der Waals surface area (Å²) in [5.74, 6) is 2.46. The molecular weight excluding hydrogens is 472 g/mol. The summed E-state index contributed by atoms with van der Waals surface area (Å²) in [6.07, 6.45) is 0. The number of ether oxygens (including phenoxy) is 3. The Morgan fingerprint density at radius 2 is 0.553 bits per heavy atom. The maximum absolute atomic E-state index is 5.38. The van der Waals surface area contributed by atoms with E-state index in [0.29, 0.717) is 0 Å². The maximum atomic E-state index is 5.38. The second kappa shape index (κ2) is 11.4. The number of rotatable bonds is 9. The van der Waals surface area contributed by atoms with E-state index in [9.17, 15) is 0 Å². The number of nitrogens with zero attached hydrogens (tertiary/aromatic N) is 2. The maximum Gasteiger partial charge on any atom is 0.119 e. The Balaban J connectivity index is 1.55. The predicted octanol–water partition coefficient (Wildman–Crippen LogP) is 8.65. The minimum absolute atomic E-state index is 0.816. The average Bonchev–Trinajstić information content (AvgIpc) is 3.00. The molecule has 0 fully saturated rings. The van der Waals surface area contributed by atoms with Crippen molar-refractivity contribution in [2.24, 2.45) is 0 Å². The molecule has 0 N–H and O–H groups in total. The van der Waals surface area contributed by atoms with Crippen LogP contribution in [0.15, 0.2) is 127 Å². The molecule has 0 atom stereocenters. The van der Waals surface area contributed by atoms with Crippen molar-refractivity contribution in [3.8, 4) is 17.2 Å². The molecule has 5 rings (SSSR count). The molecule has 38 heavy (non-hydrogen) atoms. The number of benzene rings is 5. The van der Waals surface area contributed by atoms with Crippen LogP contribution < -0.4 is 24.0 Å². The van der Waals surface area contributed by atoms with Gasteiger partial charge in [0.25, 0.3) is 0 Å². The van der Waals surface area contributed by atoms with E-state index in [2.05, 4.69) is 94.7 Å². The first-order valence-corrected chi connectivity index (χ1v) is 12.4. The normalized spacial score (nSPS) is 10.5. The standard InChI is InChI=1S/C33H30N2O3/c1-36-31-19-13-28(14-20-31)34(25-7-5-4-6-8-25)26-9-11-27(12-10-26)35(29-15-21-32(37-2)22-16-29)30-17-23-33(38-3)24-18-30/h4-24H,1-3H3. The van der Waals surface area contributed by atoms with Crippen molar-refractivity contribution in [2.45, 2.75) is 0 Å². The molecule has 0 unspecified atom stereocenters. The highest BCUT2D eigenvalue weighted by molar-refractivity contribution is 5.81. The highest BCUT2D eigenvalue weighted by Gasteiger charge is 2.16. The first-order chi connectivity index (χ1) is 18.7. The molecule has 5 aromatic carbocycles. The molecule has 0 saturated heterocycles. The first-order valence-electron chi connectivity index (χ1n) is 12.4. The second-order valence-corrected chi connectivity index (χ2v) is 8.62. The summed E-state index contributed by atoms with van der Waals surface area (Å²) in [5, 5.41) is 0. The minimum atomic E-state index is 0.816. The van der Waals surface area contributed by atoms with E-state index in [0.717, 1.165) is 51.4 Å².